The number of nitrogens with zero attached hydrogens (tertiary/aromatic N) is 1. The van der Waals surface area contributed by atoms with Crippen LogP contribution in [0.15, 0.2) is 21.9 Å². The van der Waals surface area contributed by atoms with E-state index in [4.69, 9.17) is 5.11 Å². The molecule has 0 bridgehead atoms. The molecule has 0 spiro atoms. The van der Waals surface area contributed by atoms with E-state index in [2.05, 4.69) is 21.1 Å². The van der Waals surface area contributed by atoms with Crippen molar-refractivity contribution in [3.8, 4) is 0 Å². The molecule has 2 N–H and O–H groups in total. The molecule has 0 atom stereocenters. The first-order valence-electron chi connectivity index (χ1n) is 2.63. The summed E-state index contributed by atoms with van der Waals surface area (Å²) in [7, 11) is 1.00. The number of rotatable bonds is 0. The maximum absolute atomic E-state index is 10.5. The normalized spacial score (nSPS) is 8.27. The van der Waals surface area contributed by atoms with Crippen LogP contribution in [0.2, 0.25) is 0 Å². The average Bonchev–Trinajstić information content (AvgIpc) is 2.04. The molecule has 0 aliphatic carbocycles. The summed E-state index contributed by atoms with van der Waals surface area (Å²) in [5.74, 6) is 0. The highest BCUT2D eigenvalue weighted by Gasteiger charge is 1.90. The topological polar surface area (TPSA) is 75.1 Å². The lowest BCUT2D eigenvalue weighted by molar-refractivity contribution is 0.399. The number of aliphatic hydroxyl groups is 1. The van der Waals surface area contributed by atoms with E-state index < -0.39 is 5.69 Å². The van der Waals surface area contributed by atoms with Crippen LogP contribution in [0.1, 0.15) is 0 Å². The van der Waals surface area contributed by atoms with E-state index in [0.29, 0.717) is 0 Å². The zero-order valence-electron chi connectivity index (χ0n) is 5.74. The molecule has 0 aliphatic rings. The predicted molar refractivity (Wildman–Crippen MR) is 43.8 cm³/mol. The minimum absolute atomic E-state index is 0.376. The molecule has 0 saturated heterocycles. The van der Waals surface area contributed by atoms with Gasteiger partial charge in [-0.25, -0.2) is 4.79 Å². The largest absolute Gasteiger partial charge is 0.400 e. The molecule has 0 amide bonds. The van der Waals surface area contributed by atoms with Gasteiger partial charge in [-0.2, -0.15) is 3.59 Å². The Labute approximate surface area is 70.6 Å². The second kappa shape index (κ2) is 4.86. The van der Waals surface area contributed by atoms with E-state index in [0.717, 1.165) is 10.7 Å². The standard InChI is InChI=1S/C4H3BrN2O2.CH4O/c5-7-3(8)1-2-6-4(7)9;1-2/h1-2H,(H,6,9);2H,1H3. The second-order valence-corrected chi connectivity index (χ2v) is 2.11. The summed E-state index contributed by atoms with van der Waals surface area (Å²) in [5.41, 5.74) is -0.846. The van der Waals surface area contributed by atoms with Gasteiger partial charge in [-0.3, -0.25) is 4.79 Å². The predicted octanol–water partition coefficient (Wildman–Crippen LogP) is -0.697. The third kappa shape index (κ3) is 2.69. The van der Waals surface area contributed by atoms with Gasteiger partial charge in [0.1, 0.15) is 0 Å². The summed E-state index contributed by atoms with van der Waals surface area (Å²) < 4.78 is 0.812. The van der Waals surface area contributed by atoms with Crippen molar-refractivity contribution in [2.75, 3.05) is 7.11 Å². The SMILES string of the molecule is CO.O=c1cc[nH]c(=O)n1Br. The lowest BCUT2D eigenvalue weighted by Crippen LogP contribution is -2.26. The average molecular weight is 223 g/mol. The fourth-order valence-electron chi connectivity index (χ4n) is 0.406. The van der Waals surface area contributed by atoms with Crippen LogP contribution < -0.4 is 11.2 Å². The van der Waals surface area contributed by atoms with Crippen LogP contribution in [0.4, 0.5) is 0 Å². The number of nitrogens with one attached hydrogen (secondary N) is 1. The summed E-state index contributed by atoms with van der Waals surface area (Å²) >= 11 is 2.74. The molecule has 1 rings (SSSR count). The van der Waals surface area contributed by atoms with Crippen molar-refractivity contribution in [2.24, 2.45) is 0 Å². The van der Waals surface area contributed by atoms with Crippen LogP contribution in [-0.2, 0) is 0 Å². The quantitative estimate of drug-likeness (QED) is 0.610. The van der Waals surface area contributed by atoms with Crippen molar-refractivity contribution >= 4 is 16.1 Å². The molecule has 0 saturated carbocycles. The third-order valence-electron chi connectivity index (χ3n) is 0.805. The summed E-state index contributed by atoms with van der Waals surface area (Å²) in [5, 5.41) is 7.00. The highest BCUT2D eigenvalue weighted by atomic mass is 79.9. The molecule has 0 radical (unpaired) electrons. The number of aromatic amines is 1. The third-order valence-corrected chi connectivity index (χ3v) is 1.48. The summed E-state index contributed by atoms with van der Waals surface area (Å²) in [6, 6.07) is 1.25. The molecular weight excluding hydrogens is 216 g/mol. The number of H-pyrrole nitrogens is 1. The van der Waals surface area contributed by atoms with Crippen LogP contribution >= 0.6 is 16.1 Å². The van der Waals surface area contributed by atoms with E-state index in [1.807, 2.05) is 0 Å². The molecule has 1 aromatic rings. The van der Waals surface area contributed by atoms with Crippen molar-refractivity contribution in [3.05, 3.63) is 33.1 Å². The first kappa shape index (κ1) is 10.1. The molecule has 1 aromatic heterocycles. The smallest absolute Gasteiger partial charge is 0.338 e. The first-order chi connectivity index (χ1) is 5.22. The van der Waals surface area contributed by atoms with Crippen LogP contribution in [0, 0.1) is 0 Å². The van der Waals surface area contributed by atoms with Crippen LogP contribution in [0.25, 0.3) is 0 Å². The van der Waals surface area contributed by atoms with Gasteiger partial charge in [0.05, 0.1) is 16.1 Å². The lowest BCUT2D eigenvalue weighted by atomic mass is 10.7. The molecule has 1 heterocycles. The number of aromatic nitrogens is 2. The number of aliphatic hydroxyl groups excluding tert-OH is 1. The Bertz CT molecular complexity index is 288. The van der Waals surface area contributed by atoms with E-state index in [9.17, 15) is 9.59 Å². The van der Waals surface area contributed by atoms with Crippen molar-refractivity contribution in [3.63, 3.8) is 0 Å². The first-order valence-corrected chi connectivity index (χ1v) is 3.34. The Balaban J connectivity index is 0.000000461. The molecule has 11 heavy (non-hydrogen) atoms. The summed E-state index contributed by atoms with van der Waals surface area (Å²) in [4.78, 5) is 23.3. The molecule has 5 nitrogen and oxygen atoms in total. The fourth-order valence-corrected chi connectivity index (χ4v) is 0.627. The maximum atomic E-state index is 10.5. The van der Waals surface area contributed by atoms with Gasteiger partial charge in [0.25, 0.3) is 5.56 Å². The van der Waals surface area contributed by atoms with Gasteiger partial charge in [0.2, 0.25) is 0 Å². The monoisotopic (exact) mass is 222 g/mol. The minimum Gasteiger partial charge on any atom is -0.400 e. The highest BCUT2D eigenvalue weighted by Crippen LogP contribution is 1.72. The van der Waals surface area contributed by atoms with Gasteiger partial charge >= 0.3 is 5.69 Å². The molecule has 0 aromatic carbocycles. The molecule has 0 unspecified atom stereocenters. The highest BCUT2D eigenvalue weighted by molar-refractivity contribution is 9.08. The van der Waals surface area contributed by atoms with E-state index in [-0.39, 0.29) is 5.56 Å². The van der Waals surface area contributed by atoms with Crippen molar-refractivity contribution in [1.29, 1.82) is 0 Å². The van der Waals surface area contributed by atoms with Crippen molar-refractivity contribution in [1.82, 2.24) is 8.58 Å². The van der Waals surface area contributed by atoms with Crippen molar-refractivity contribution < 1.29 is 5.11 Å². The van der Waals surface area contributed by atoms with Crippen LogP contribution in [0.3, 0.4) is 0 Å². The van der Waals surface area contributed by atoms with E-state index >= 15 is 0 Å². The van der Waals surface area contributed by atoms with Gasteiger partial charge in [-0.05, 0) is 0 Å². The van der Waals surface area contributed by atoms with Gasteiger partial charge < -0.3 is 10.1 Å². The zero-order valence-corrected chi connectivity index (χ0v) is 7.33. The Kier molecular flexibility index (Phi) is 4.47. The van der Waals surface area contributed by atoms with Gasteiger partial charge in [0, 0.05) is 19.4 Å². The minimum atomic E-state index is -0.470. The van der Waals surface area contributed by atoms with Gasteiger partial charge in [-0.1, -0.05) is 0 Å². The number of hydrogen-bond acceptors (Lipinski definition) is 3. The zero-order chi connectivity index (χ0) is 8.85. The van der Waals surface area contributed by atoms with Gasteiger partial charge in [-0.15, -0.1) is 0 Å². The van der Waals surface area contributed by atoms with Crippen LogP contribution in [-0.4, -0.2) is 20.8 Å². The van der Waals surface area contributed by atoms with Crippen LogP contribution in [0.5, 0.6) is 0 Å². The van der Waals surface area contributed by atoms with E-state index in [1.165, 1.54) is 12.3 Å². The Morgan fingerprint density at radius 3 is 2.45 bits per heavy atom. The molecule has 6 heteroatoms. The fraction of sp³-hybridized carbons (Fsp3) is 0.200. The Morgan fingerprint density at radius 1 is 1.55 bits per heavy atom. The molecular formula is C5H7BrN2O3. The summed E-state index contributed by atoms with van der Waals surface area (Å²) in [6.45, 7) is 0. The second-order valence-electron chi connectivity index (χ2n) is 1.40. The Morgan fingerprint density at radius 2 is 2.09 bits per heavy atom. The number of hydrogen-bond donors (Lipinski definition) is 2. The number of halogens is 1. The maximum Gasteiger partial charge on any atom is 0.338 e. The lowest BCUT2D eigenvalue weighted by Gasteiger charge is -1.86. The Hall–Kier alpha value is -0.880. The van der Waals surface area contributed by atoms with E-state index in [1.54, 1.807) is 0 Å². The van der Waals surface area contributed by atoms with Crippen molar-refractivity contribution in [2.45, 2.75) is 0 Å². The molecule has 0 aliphatic heterocycles. The molecule has 0 fully saturated rings. The summed E-state index contributed by atoms with van der Waals surface area (Å²) in [6.07, 6.45) is 1.29. The van der Waals surface area contributed by atoms with Gasteiger partial charge in [0.15, 0.2) is 0 Å². The molecule has 62 valence electrons.